The number of rotatable bonds is 6. The van der Waals surface area contributed by atoms with Crippen molar-refractivity contribution in [3.63, 3.8) is 0 Å². The van der Waals surface area contributed by atoms with E-state index in [1.807, 2.05) is 6.07 Å². The Balaban J connectivity index is 1.62. The lowest BCUT2D eigenvalue weighted by atomic mass is 10.1. The molecule has 0 saturated carbocycles. The van der Waals surface area contributed by atoms with Crippen molar-refractivity contribution in [2.45, 2.75) is 19.6 Å². The molecule has 1 atom stereocenters. The average molecular weight is 361 g/mol. The summed E-state index contributed by atoms with van der Waals surface area (Å²) in [5.74, 6) is -1.03. The van der Waals surface area contributed by atoms with E-state index in [9.17, 15) is 18.4 Å². The smallest absolute Gasteiger partial charge is 0.387 e. The minimum absolute atomic E-state index is 0.0339. The number of anilines is 1. The third kappa shape index (κ3) is 4.33. The fourth-order valence-electron chi connectivity index (χ4n) is 2.79. The van der Waals surface area contributed by atoms with E-state index in [0.717, 1.165) is 5.69 Å². The van der Waals surface area contributed by atoms with Crippen LogP contribution in [0.25, 0.3) is 0 Å². The molecule has 2 heterocycles. The summed E-state index contributed by atoms with van der Waals surface area (Å²) < 4.78 is 29.0. The van der Waals surface area contributed by atoms with E-state index in [2.05, 4.69) is 15.0 Å². The summed E-state index contributed by atoms with van der Waals surface area (Å²) in [4.78, 5) is 30.1. The van der Waals surface area contributed by atoms with E-state index in [4.69, 9.17) is 0 Å². The number of pyridine rings is 1. The van der Waals surface area contributed by atoms with Crippen LogP contribution in [0.4, 0.5) is 14.5 Å². The largest absolute Gasteiger partial charge is 0.435 e. The number of amides is 2. The zero-order valence-electron chi connectivity index (χ0n) is 13.8. The molecule has 6 nitrogen and oxygen atoms in total. The summed E-state index contributed by atoms with van der Waals surface area (Å²) in [7, 11) is 0. The summed E-state index contributed by atoms with van der Waals surface area (Å²) in [6.45, 7) is -2.47. The van der Waals surface area contributed by atoms with Crippen molar-refractivity contribution >= 4 is 17.5 Å². The monoisotopic (exact) mass is 361 g/mol. The molecule has 8 heteroatoms. The molecule has 136 valence electrons. The molecule has 1 aliphatic rings. The molecular formula is C18H17F2N3O3. The van der Waals surface area contributed by atoms with Gasteiger partial charge in [0.2, 0.25) is 11.8 Å². The van der Waals surface area contributed by atoms with Crippen LogP contribution >= 0.6 is 0 Å². The van der Waals surface area contributed by atoms with Gasteiger partial charge in [-0.3, -0.25) is 14.6 Å². The van der Waals surface area contributed by atoms with Crippen molar-refractivity contribution in [1.82, 2.24) is 10.3 Å². The van der Waals surface area contributed by atoms with E-state index < -0.39 is 12.5 Å². The minimum atomic E-state index is -2.94. The highest BCUT2D eigenvalue weighted by Crippen LogP contribution is 2.28. The first kappa shape index (κ1) is 17.8. The van der Waals surface area contributed by atoms with Crippen molar-refractivity contribution < 1.29 is 23.1 Å². The molecule has 1 N–H and O–H groups in total. The standard InChI is InChI=1S/C18H17F2N3O3/c19-18(20)26-15-6-3-5-14(9-15)23-11-12(8-16(23)24)17(25)22-10-13-4-1-2-7-21-13/h1-7,9,12,18H,8,10-11H2,(H,22,25). The highest BCUT2D eigenvalue weighted by molar-refractivity contribution is 6.00. The average Bonchev–Trinajstić information content (AvgIpc) is 3.02. The Morgan fingerprint density at radius 3 is 2.88 bits per heavy atom. The lowest BCUT2D eigenvalue weighted by Gasteiger charge is -2.17. The second-order valence-electron chi connectivity index (χ2n) is 5.82. The third-order valence-electron chi connectivity index (χ3n) is 4.02. The molecule has 1 aliphatic heterocycles. The molecule has 26 heavy (non-hydrogen) atoms. The fraction of sp³-hybridized carbons (Fsp3) is 0.278. The quantitative estimate of drug-likeness (QED) is 0.857. The summed E-state index contributed by atoms with van der Waals surface area (Å²) in [5.41, 5.74) is 1.15. The molecule has 2 amide bonds. The zero-order chi connectivity index (χ0) is 18.5. The van der Waals surface area contributed by atoms with Crippen LogP contribution in [0.15, 0.2) is 48.7 Å². The Kier molecular flexibility index (Phi) is 5.40. The van der Waals surface area contributed by atoms with E-state index >= 15 is 0 Å². The Morgan fingerprint density at radius 1 is 1.31 bits per heavy atom. The number of hydrogen-bond acceptors (Lipinski definition) is 4. The molecule has 1 aromatic carbocycles. The van der Waals surface area contributed by atoms with Gasteiger partial charge in [0.1, 0.15) is 5.75 Å². The van der Waals surface area contributed by atoms with Gasteiger partial charge >= 0.3 is 6.61 Å². The van der Waals surface area contributed by atoms with Crippen LogP contribution in [0.1, 0.15) is 12.1 Å². The number of carbonyl (C=O) groups excluding carboxylic acids is 2. The zero-order valence-corrected chi connectivity index (χ0v) is 13.8. The molecule has 0 aliphatic carbocycles. The third-order valence-corrected chi connectivity index (χ3v) is 4.02. The molecule has 0 radical (unpaired) electrons. The topological polar surface area (TPSA) is 71.5 Å². The molecule has 1 saturated heterocycles. The number of hydrogen-bond donors (Lipinski definition) is 1. The molecule has 0 bridgehead atoms. The van der Waals surface area contributed by atoms with E-state index in [0.29, 0.717) is 5.69 Å². The van der Waals surface area contributed by atoms with Gasteiger partial charge in [-0.1, -0.05) is 12.1 Å². The second-order valence-corrected chi connectivity index (χ2v) is 5.82. The molecule has 1 fully saturated rings. The number of carbonyl (C=O) groups is 2. The summed E-state index contributed by atoms with van der Waals surface area (Å²) in [5, 5.41) is 2.77. The summed E-state index contributed by atoms with van der Waals surface area (Å²) in [6.07, 6.45) is 1.70. The van der Waals surface area contributed by atoms with Crippen LogP contribution in [0.5, 0.6) is 5.75 Å². The van der Waals surface area contributed by atoms with Gasteiger partial charge in [-0.25, -0.2) is 0 Å². The van der Waals surface area contributed by atoms with E-state index in [-0.39, 0.29) is 37.1 Å². The van der Waals surface area contributed by atoms with Gasteiger partial charge in [-0.15, -0.1) is 0 Å². The molecular weight excluding hydrogens is 344 g/mol. The van der Waals surface area contributed by atoms with Gasteiger partial charge in [0, 0.05) is 30.9 Å². The Morgan fingerprint density at radius 2 is 2.15 bits per heavy atom. The summed E-state index contributed by atoms with van der Waals surface area (Å²) >= 11 is 0. The van der Waals surface area contributed by atoms with Crippen LogP contribution < -0.4 is 15.0 Å². The van der Waals surface area contributed by atoms with Crippen molar-refractivity contribution in [3.8, 4) is 5.75 Å². The molecule has 2 aromatic rings. The van der Waals surface area contributed by atoms with Crippen LogP contribution in [0, 0.1) is 5.92 Å². The highest BCUT2D eigenvalue weighted by atomic mass is 19.3. The maximum absolute atomic E-state index is 12.3. The molecule has 1 unspecified atom stereocenters. The Bertz CT molecular complexity index is 786. The van der Waals surface area contributed by atoms with E-state index in [1.165, 1.54) is 23.1 Å². The van der Waals surface area contributed by atoms with Crippen molar-refractivity contribution in [3.05, 3.63) is 54.4 Å². The van der Waals surface area contributed by atoms with Crippen LogP contribution in [-0.4, -0.2) is 30.0 Å². The normalized spacial score (nSPS) is 16.8. The summed E-state index contributed by atoms with van der Waals surface area (Å²) in [6, 6.07) is 11.3. The van der Waals surface area contributed by atoms with Gasteiger partial charge in [0.25, 0.3) is 0 Å². The first-order valence-electron chi connectivity index (χ1n) is 8.06. The molecule has 3 rings (SSSR count). The number of nitrogens with one attached hydrogen (secondary N) is 1. The second kappa shape index (κ2) is 7.90. The van der Waals surface area contributed by atoms with Gasteiger partial charge in [-0.05, 0) is 24.3 Å². The SMILES string of the molecule is O=C(NCc1ccccn1)C1CC(=O)N(c2cccc(OC(F)F)c2)C1. The van der Waals surface area contributed by atoms with Crippen LogP contribution in [-0.2, 0) is 16.1 Å². The number of alkyl halides is 2. The number of benzene rings is 1. The van der Waals surface area contributed by atoms with E-state index in [1.54, 1.807) is 24.4 Å². The highest BCUT2D eigenvalue weighted by Gasteiger charge is 2.35. The number of nitrogens with zero attached hydrogens (tertiary/aromatic N) is 2. The maximum Gasteiger partial charge on any atom is 0.387 e. The number of aromatic nitrogens is 1. The first-order valence-corrected chi connectivity index (χ1v) is 8.06. The molecule has 1 aromatic heterocycles. The van der Waals surface area contributed by atoms with Gasteiger partial charge in [-0.2, -0.15) is 8.78 Å². The number of halogens is 2. The van der Waals surface area contributed by atoms with Gasteiger partial charge < -0.3 is 15.0 Å². The predicted molar refractivity (Wildman–Crippen MR) is 89.6 cm³/mol. The van der Waals surface area contributed by atoms with Crippen molar-refractivity contribution in [2.75, 3.05) is 11.4 Å². The van der Waals surface area contributed by atoms with Gasteiger partial charge in [0.15, 0.2) is 0 Å². The number of ether oxygens (including phenoxy) is 1. The first-order chi connectivity index (χ1) is 12.5. The lowest BCUT2D eigenvalue weighted by Crippen LogP contribution is -2.32. The minimum Gasteiger partial charge on any atom is -0.435 e. The van der Waals surface area contributed by atoms with Crippen LogP contribution in [0.3, 0.4) is 0 Å². The Hall–Kier alpha value is -3.03. The maximum atomic E-state index is 12.3. The van der Waals surface area contributed by atoms with Crippen LogP contribution in [0.2, 0.25) is 0 Å². The van der Waals surface area contributed by atoms with Crippen molar-refractivity contribution in [1.29, 1.82) is 0 Å². The van der Waals surface area contributed by atoms with Gasteiger partial charge in [0.05, 0.1) is 18.2 Å². The lowest BCUT2D eigenvalue weighted by molar-refractivity contribution is -0.126. The molecule has 0 spiro atoms. The fourth-order valence-corrected chi connectivity index (χ4v) is 2.79. The predicted octanol–water partition coefficient (Wildman–Crippen LogP) is 2.35. The Labute approximate surface area is 148 Å². The van der Waals surface area contributed by atoms with Crippen molar-refractivity contribution in [2.24, 2.45) is 5.92 Å².